The van der Waals surface area contributed by atoms with Crippen LogP contribution in [-0.4, -0.2) is 62.6 Å². The number of hydrogen-bond donors (Lipinski definition) is 5. The monoisotopic (exact) mass is 1060 g/mol. The lowest BCUT2D eigenvalue weighted by atomic mass is 10.2. The summed E-state index contributed by atoms with van der Waals surface area (Å²) >= 11 is 4.84. The number of carbonyl (C=O) groups is 1. The third kappa shape index (κ3) is 22.0. The van der Waals surface area contributed by atoms with E-state index in [2.05, 4.69) is 49.0 Å². The summed E-state index contributed by atoms with van der Waals surface area (Å²) in [6, 6.07) is 21.0. The van der Waals surface area contributed by atoms with Gasteiger partial charge in [0.05, 0.1) is 52.4 Å². The maximum absolute atomic E-state index is 13.2. The molecule has 5 N–H and O–H groups in total. The molecule has 0 aliphatic carbocycles. The van der Waals surface area contributed by atoms with Gasteiger partial charge < -0.3 is 21.5 Å². The van der Waals surface area contributed by atoms with Gasteiger partial charge in [-0.1, -0.05) is 29.8 Å². The summed E-state index contributed by atoms with van der Waals surface area (Å²) in [7, 11) is -4.77. The van der Waals surface area contributed by atoms with Gasteiger partial charge in [0.15, 0.2) is 0 Å². The first-order valence-corrected chi connectivity index (χ1v) is 20.7. The smallest absolute Gasteiger partial charge is 0.472 e. The molecule has 70 heavy (non-hydrogen) atoms. The van der Waals surface area contributed by atoms with Crippen LogP contribution in [0.2, 0.25) is 0 Å². The zero-order valence-electron chi connectivity index (χ0n) is 36.5. The van der Waals surface area contributed by atoms with Gasteiger partial charge in [0.2, 0.25) is 5.17 Å². The highest BCUT2D eigenvalue weighted by molar-refractivity contribution is 7.87. The number of benzene rings is 4. The van der Waals surface area contributed by atoms with Gasteiger partial charge in [-0.25, -0.2) is 13.2 Å². The zero-order valence-corrected chi connectivity index (χ0v) is 38.8. The van der Waals surface area contributed by atoms with Gasteiger partial charge in [-0.3, -0.25) is 26.5 Å². The molecule has 380 valence electrons. The summed E-state index contributed by atoms with van der Waals surface area (Å²) in [5.41, 5.74) is 5.84. The molecule has 0 saturated carbocycles. The summed E-state index contributed by atoms with van der Waals surface area (Å²) in [6.45, 7) is 12.6. The molecule has 0 spiro atoms. The molecule has 0 fully saturated rings. The van der Waals surface area contributed by atoms with Crippen LogP contribution in [0.15, 0.2) is 100 Å². The fraction of sp³-hybridized carbons (Fsp3) is 0.268. The van der Waals surface area contributed by atoms with Crippen LogP contribution < -0.4 is 39.0 Å². The summed E-state index contributed by atoms with van der Waals surface area (Å²) in [4.78, 5) is 11.6. The Morgan fingerprint density at radius 2 is 1.07 bits per heavy atom. The Bertz CT molecular complexity index is 2640. The van der Waals surface area contributed by atoms with E-state index in [9.17, 15) is 65.9 Å². The lowest BCUT2D eigenvalue weighted by Crippen LogP contribution is -3.17. The Balaban J connectivity index is 0.000000957. The lowest BCUT2D eigenvalue weighted by molar-refractivity contribution is -0.940. The van der Waals surface area contributed by atoms with E-state index in [1.54, 1.807) is 4.90 Å². The molecule has 0 saturated heterocycles. The van der Waals surface area contributed by atoms with E-state index in [0.29, 0.717) is 0 Å². The summed E-state index contributed by atoms with van der Waals surface area (Å²) in [5, 5.41) is 29.8. The molecule has 29 heteroatoms. The van der Waals surface area contributed by atoms with Crippen molar-refractivity contribution in [3.8, 4) is 18.2 Å². The maximum atomic E-state index is 13.2. The van der Waals surface area contributed by atoms with Crippen molar-refractivity contribution in [2.24, 2.45) is 10.2 Å². The number of rotatable bonds is 11. The second-order valence-corrected chi connectivity index (χ2v) is 15.5. The van der Waals surface area contributed by atoms with Crippen molar-refractivity contribution in [2.45, 2.75) is 70.1 Å². The second-order valence-electron chi connectivity index (χ2n) is 13.6. The van der Waals surface area contributed by atoms with E-state index >= 15 is 0 Å². The van der Waals surface area contributed by atoms with Gasteiger partial charge in [-0.15, -0.1) is 5.10 Å². The summed E-state index contributed by atoms with van der Waals surface area (Å²) in [6.07, 6.45) is -15.0. The largest absolute Gasteiger partial charge is 1.00 e. The first kappa shape index (κ1) is 63.0. The quantitative estimate of drug-likeness (QED) is 0.0388. The highest BCUT2D eigenvalue weighted by Gasteiger charge is 2.42. The molecule has 0 radical (unpaired) electrons. The van der Waals surface area contributed by atoms with Crippen molar-refractivity contribution in [3.05, 3.63) is 119 Å². The number of anilines is 3. The Labute approximate surface area is 403 Å². The van der Waals surface area contributed by atoms with Gasteiger partial charge >= 0.3 is 40.5 Å². The third-order valence-corrected chi connectivity index (χ3v) is 9.52. The van der Waals surface area contributed by atoms with Crippen molar-refractivity contribution >= 4 is 55.8 Å². The van der Waals surface area contributed by atoms with E-state index in [0.717, 1.165) is 78.8 Å². The minimum Gasteiger partial charge on any atom is -1.00 e. The number of nitrogens with zero attached hydrogens (tertiary/aromatic N) is 5. The van der Waals surface area contributed by atoms with Gasteiger partial charge in [-0.05, 0) is 101 Å². The fourth-order valence-electron chi connectivity index (χ4n) is 4.89. The van der Waals surface area contributed by atoms with Gasteiger partial charge in [0.1, 0.15) is 40.6 Å². The van der Waals surface area contributed by atoms with Crippen LogP contribution in [0, 0.1) is 51.4 Å². The van der Waals surface area contributed by atoms with Crippen molar-refractivity contribution in [1.82, 2.24) is 5.43 Å². The van der Waals surface area contributed by atoms with Crippen LogP contribution in [0.25, 0.3) is 0 Å². The lowest BCUT2D eigenvalue weighted by Gasteiger charge is -2.25. The minimum atomic E-state index is -5.23. The Hall–Kier alpha value is -6.99. The van der Waals surface area contributed by atoms with Crippen molar-refractivity contribution in [2.75, 3.05) is 22.8 Å². The molecule has 14 nitrogen and oxygen atoms in total. The van der Waals surface area contributed by atoms with Crippen LogP contribution in [0.5, 0.6) is 0 Å². The molecule has 0 heterocycles. The van der Waals surface area contributed by atoms with Crippen molar-refractivity contribution < 1.29 is 87.4 Å². The fourth-order valence-corrected chi connectivity index (χ4v) is 5.86. The van der Waals surface area contributed by atoms with Gasteiger partial charge in [0.25, 0.3) is 0 Å². The number of amides is 1. The predicted molar refractivity (Wildman–Crippen MR) is 228 cm³/mol. The molecular weight excluding hydrogens is 1030 g/mol. The number of quaternary nitrogens is 1. The topological polar surface area (TPSA) is 209 Å². The number of nitriles is 3. The van der Waals surface area contributed by atoms with Crippen LogP contribution in [0.3, 0.4) is 0 Å². The number of alkyl halides is 9. The molecule has 0 aliphatic heterocycles. The summed E-state index contributed by atoms with van der Waals surface area (Å²) in [5.74, 6) is -6.73. The highest BCUT2D eigenvalue weighted by Crippen LogP contribution is 2.24. The highest BCUT2D eigenvalue weighted by atomic mass is 35.5. The Morgan fingerprint density at radius 3 is 1.41 bits per heavy atom. The first-order chi connectivity index (χ1) is 31.9. The van der Waals surface area contributed by atoms with Crippen LogP contribution in [-0.2, 0) is 19.1 Å². The average Bonchev–Trinajstić information content (AvgIpc) is 3.27. The Kier molecular flexibility index (Phi) is 25.6. The number of hydrazine groups is 1. The number of carbonyl (C=O) groups excluding carboxylic acids is 1. The molecule has 1 amide bonds. The summed E-state index contributed by atoms with van der Waals surface area (Å²) < 4.78 is 177. The molecule has 4 aromatic carbocycles. The van der Waals surface area contributed by atoms with E-state index in [1.165, 1.54) is 48.4 Å². The average molecular weight is 1070 g/mol. The van der Waals surface area contributed by atoms with E-state index in [1.807, 2.05) is 16.3 Å². The normalized spacial score (nSPS) is 11.6. The number of nitrogens with one attached hydrogen (secondary N) is 5. The molecule has 0 bridgehead atoms. The number of hydrogen-bond acceptors (Lipinski definition) is 12. The van der Waals surface area contributed by atoms with Crippen molar-refractivity contribution in [3.63, 3.8) is 0 Å². The van der Waals surface area contributed by atoms with Gasteiger partial charge in [0, 0.05) is 0 Å². The predicted octanol–water partition coefficient (Wildman–Crippen LogP) is 6.03. The first-order valence-electron chi connectivity index (χ1n) is 19.0. The standard InChI is InChI=1S/C15H9F4N3O3S.C9H4ClF4N3.C9H5F4N3O.C8H19N.ClH/c16-13-7-6-11(8-10(13)9-20)21-22-14(15(17,18)19)25-26(23,24)12-4-2-1-3-5-12;10-8(9(12,13)14)17-16-6-1-2-7(11)5(3-6)4-15;10-7-2-1-6(3-5(7)4-14)15-16-8(17)9(11,12)13;1-6-9(7(2)3)8(4)5;/h1-8,21H;1-3,16H;1-3,15H,(H,16,17);7-8H,6H2,1-5H3;1H/b22-14-;17-8-;;;. The van der Waals surface area contributed by atoms with Crippen LogP contribution in [0.1, 0.15) is 51.3 Å². The molecular formula is C41H38Cl2F12N10O4S. The second kappa shape index (κ2) is 28.5. The SMILES string of the molecule is CC[NH+](C(C)C)C(C)C.N#Cc1cc(N/N=C(\Cl)C(F)(F)F)ccc1F.N#Cc1cc(N/N=C(\OS(=O)(=O)c2ccccc2)C(F)(F)F)ccc1F.N#Cc1cc(NNC(=O)C(F)(F)F)ccc1F.[Cl-]. The van der Waals surface area contributed by atoms with Crippen molar-refractivity contribution in [1.29, 1.82) is 15.8 Å². The molecule has 4 aromatic rings. The van der Waals surface area contributed by atoms with E-state index in [4.69, 9.17) is 27.4 Å². The molecule has 0 atom stereocenters. The molecule has 4 rings (SSSR count). The molecule has 0 aliphatic rings. The molecule has 0 unspecified atom stereocenters. The van der Waals surface area contributed by atoms with E-state index < -0.39 is 73.5 Å². The van der Waals surface area contributed by atoms with Crippen LogP contribution >= 0.6 is 11.6 Å². The Morgan fingerprint density at radius 1 is 0.671 bits per heavy atom. The van der Waals surface area contributed by atoms with E-state index in [-0.39, 0.29) is 40.6 Å². The van der Waals surface area contributed by atoms with Crippen LogP contribution in [0.4, 0.5) is 69.7 Å². The zero-order chi connectivity index (χ0) is 52.9. The van der Waals surface area contributed by atoms with Gasteiger partial charge in [-0.2, -0.15) is 68.8 Å². The maximum Gasteiger partial charge on any atom is 0.472 e. The minimum absolute atomic E-state index is 0. The number of halogens is 14. The molecule has 0 aromatic heterocycles. The number of hydrazone groups is 2. The third-order valence-electron chi connectivity index (χ3n) is 8.00.